The summed E-state index contributed by atoms with van der Waals surface area (Å²) < 4.78 is 5.20. The molecule has 1 unspecified atom stereocenters. The van der Waals surface area contributed by atoms with Crippen molar-refractivity contribution >= 4 is 5.97 Å². The number of benzene rings is 1. The molecule has 1 aromatic rings. The molecule has 0 radical (unpaired) electrons. The van der Waals surface area contributed by atoms with Gasteiger partial charge in [0.05, 0.1) is 6.61 Å². The van der Waals surface area contributed by atoms with Crippen molar-refractivity contribution in [2.45, 2.75) is 11.8 Å². The highest BCUT2D eigenvalue weighted by Gasteiger charge is 2.43. The predicted molar refractivity (Wildman–Crippen MR) is 51.2 cm³/mol. The van der Waals surface area contributed by atoms with E-state index in [4.69, 9.17) is 4.74 Å². The summed E-state index contributed by atoms with van der Waals surface area (Å²) in [6, 6.07) is 9.30. The molecule has 1 fully saturated rings. The normalized spacial score (nSPS) is 26.3. The molecule has 0 aromatic heterocycles. The van der Waals surface area contributed by atoms with Crippen LogP contribution in [0.25, 0.3) is 0 Å². The molecule has 1 N–H and O–H groups in total. The monoisotopic (exact) mass is 192 g/mol. The van der Waals surface area contributed by atoms with Crippen LogP contribution in [0.2, 0.25) is 0 Å². The Morgan fingerprint density at radius 3 is 2.57 bits per heavy atom. The molecule has 14 heavy (non-hydrogen) atoms. The fourth-order valence-corrected chi connectivity index (χ4v) is 1.84. The lowest BCUT2D eigenvalue weighted by molar-refractivity contribution is -0.143. The smallest absolute Gasteiger partial charge is 0.316 e. The Hall–Kier alpha value is -1.35. The van der Waals surface area contributed by atoms with Crippen LogP contribution < -0.4 is 0 Å². The van der Waals surface area contributed by atoms with Crippen molar-refractivity contribution < 1.29 is 14.6 Å². The maximum absolute atomic E-state index is 11.2. The molecule has 3 nitrogen and oxygen atoms in total. The molecule has 0 bridgehead atoms. The van der Waals surface area contributed by atoms with Gasteiger partial charge in [0.1, 0.15) is 5.41 Å². The Balaban J connectivity index is 2.42. The standard InChI is InChI=1S/C11H12O3/c12-10(13)11(6-7-14-8-11)9-4-2-1-3-5-9/h1-5H,6-8H2,(H,12,13). The zero-order chi connectivity index (χ0) is 10.0. The fourth-order valence-electron chi connectivity index (χ4n) is 1.84. The van der Waals surface area contributed by atoms with E-state index in [1.165, 1.54) is 0 Å². The average molecular weight is 192 g/mol. The lowest BCUT2D eigenvalue weighted by atomic mass is 9.80. The zero-order valence-electron chi connectivity index (χ0n) is 7.77. The highest BCUT2D eigenvalue weighted by molar-refractivity contribution is 5.82. The van der Waals surface area contributed by atoms with Crippen LogP contribution in [0, 0.1) is 0 Å². The van der Waals surface area contributed by atoms with Crippen molar-refractivity contribution in [2.24, 2.45) is 0 Å². The summed E-state index contributed by atoms with van der Waals surface area (Å²) in [6.07, 6.45) is 0.562. The Bertz CT molecular complexity index is 326. The minimum atomic E-state index is -0.818. The van der Waals surface area contributed by atoms with Crippen LogP contribution >= 0.6 is 0 Å². The van der Waals surface area contributed by atoms with E-state index >= 15 is 0 Å². The van der Waals surface area contributed by atoms with Gasteiger partial charge >= 0.3 is 5.97 Å². The van der Waals surface area contributed by atoms with Gasteiger partial charge < -0.3 is 9.84 Å². The van der Waals surface area contributed by atoms with Gasteiger partial charge in [-0.05, 0) is 12.0 Å². The third-order valence-electron chi connectivity index (χ3n) is 2.76. The van der Waals surface area contributed by atoms with Gasteiger partial charge in [-0.2, -0.15) is 0 Å². The molecular weight excluding hydrogens is 180 g/mol. The van der Waals surface area contributed by atoms with E-state index in [0.29, 0.717) is 13.0 Å². The van der Waals surface area contributed by atoms with Crippen molar-refractivity contribution in [1.82, 2.24) is 0 Å². The Labute approximate surface area is 82.3 Å². The molecule has 1 aliphatic heterocycles. The molecular formula is C11H12O3. The number of rotatable bonds is 2. The number of carbonyl (C=O) groups is 1. The first kappa shape index (κ1) is 9.21. The lowest BCUT2D eigenvalue weighted by Gasteiger charge is -2.22. The molecule has 74 valence electrons. The van der Waals surface area contributed by atoms with Crippen LogP contribution in [0.1, 0.15) is 12.0 Å². The van der Waals surface area contributed by atoms with Gasteiger partial charge in [-0.15, -0.1) is 0 Å². The maximum Gasteiger partial charge on any atom is 0.316 e. The summed E-state index contributed by atoms with van der Waals surface area (Å²) in [5.74, 6) is -0.791. The molecule has 1 aliphatic rings. The minimum Gasteiger partial charge on any atom is -0.481 e. The SMILES string of the molecule is O=C(O)C1(c2ccccc2)CCOC1. The van der Waals surface area contributed by atoms with Gasteiger partial charge in [0.25, 0.3) is 0 Å². The third kappa shape index (κ3) is 1.30. The summed E-state index contributed by atoms with van der Waals surface area (Å²) in [6.45, 7) is 0.813. The number of carboxylic acid groups (broad SMARTS) is 1. The third-order valence-corrected chi connectivity index (χ3v) is 2.76. The molecule has 0 saturated carbocycles. The van der Waals surface area contributed by atoms with Gasteiger partial charge in [0.2, 0.25) is 0 Å². The quantitative estimate of drug-likeness (QED) is 0.771. The molecule has 0 spiro atoms. The maximum atomic E-state index is 11.2. The fraction of sp³-hybridized carbons (Fsp3) is 0.364. The molecule has 1 atom stereocenters. The van der Waals surface area contributed by atoms with Crippen LogP contribution in [-0.2, 0) is 14.9 Å². The van der Waals surface area contributed by atoms with Gasteiger partial charge in [-0.25, -0.2) is 0 Å². The first-order chi connectivity index (χ1) is 6.76. The van der Waals surface area contributed by atoms with E-state index in [1.54, 1.807) is 0 Å². The molecule has 1 saturated heterocycles. The van der Waals surface area contributed by atoms with Crippen molar-refractivity contribution in [2.75, 3.05) is 13.2 Å². The number of carboxylic acids is 1. The molecule has 0 aliphatic carbocycles. The second-order valence-electron chi connectivity index (χ2n) is 3.56. The van der Waals surface area contributed by atoms with Crippen molar-refractivity contribution in [3.63, 3.8) is 0 Å². The summed E-state index contributed by atoms with van der Waals surface area (Å²) in [7, 11) is 0. The van der Waals surface area contributed by atoms with Gasteiger partial charge in [-0.3, -0.25) is 4.79 Å². The Kier molecular flexibility index (Phi) is 2.25. The predicted octanol–water partition coefficient (Wildman–Crippen LogP) is 1.43. The van der Waals surface area contributed by atoms with Crippen LogP contribution in [-0.4, -0.2) is 24.3 Å². The summed E-state index contributed by atoms with van der Waals surface area (Å²) in [5.41, 5.74) is 0.0198. The molecule has 1 aromatic carbocycles. The van der Waals surface area contributed by atoms with Gasteiger partial charge in [-0.1, -0.05) is 30.3 Å². The Morgan fingerprint density at radius 1 is 1.36 bits per heavy atom. The van der Waals surface area contributed by atoms with E-state index in [2.05, 4.69) is 0 Å². The molecule has 1 heterocycles. The first-order valence-electron chi connectivity index (χ1n) is 4.62. The number of ether oxygens (including phenoxy) is 1. The van der Waals surface area contributed by atoms with Crippen LogP contribution in [0.15, 0.2) is 30.3 Å². The van der Waals surface area contributed by atoms with E-state index in [9.17, 15) is 9.90 Å². The number of hydrogen-bond donors (Lipinski definition) is 1. The van der Waals surface area contributed by atoms with Crippen LogP contribution in [0.4, 0.5) is 0 Å². The first-order valence-corrected chi connectivity index (χ1v) is 4.62. The zero-order valence-corrected chi connectivity index (χ0v) is 7.77. The highest BCUT2D eigenvalue weighted by atomic mass is 16.5. The van der Waals surface area contributed by atoms with E-state index < -0.39 is 11.4 Å². The summed E-state index contributed by atoms with van der Waals surface area (Å²) >= 11 is 0. The minimum absolute atomic E-state index is 0.284. The second-order valence-corrected chi connectivity index (χ2v) is 3.56. The Morgan fingerprint density at radius 2 is 2.07 bits per heavy atom. The van der Waals surface area contributed by atoms with Crippen LogP contribution in [0.3, 0.4) is 0 Å². The van der Waals surface area contributed by atoms with Gasteiger partial charge in [0.15, 0.2) is 0 Å². The topological polar surface area (TPSA) is 46.5 Å². The molecule has 3 heteroatoms. The molecule has 0 amide bonds. The van der Waals surface area contributed by atoms with E-state index in [0.717, 1.165) is 5.56 Å². The summed E-state index contributed by atoms with van der Waals surface area (Å²) in [5, 5.41) is 9.24. The second kappa shape index (κ2) is 3.42. The summed E-state index contributed by atoms with van der Waals surface area (Å²) in [4.78, 5) is 11.2. The van der Waals surface area contributed by atoms with Crippen molar-refractivity contribution in [3.05, 3.63) is 35.9 Å². The van der Waals surface area contributed by atoms with Crippen molar-refractivity contribution in [3.8, 4) is 0 Å². The number of aliphatic carboxylic acids is 1. The van der Waals surface area contributed by atoms with E-state index in [1.807, 2.05) is 30.3 Å². The van der Waals surface area contributed by atoms with Crippen molar-refractivity contribution in [1.29, 1.82) is 0 Å². The van der Waals surface area contributed by atoms with Crippen LogP contribution in [0.5, 0.6) is 0 Å². The van der Waals surface area contributed by atoms with E-state index in [-0.39, 0.29) is 6.61 Å². The van der Waals surface area contributed by atoms with Gasteiger partial charge in [0, 0.05) is 6.61 Å². The number of hydrogen-bond acceptors (Lipinski definition) is 2. The lowest BCUT2D eigenvalue weighted by Crippen LogP contribution is -2.36. The highest BCUT2D eigenvalue weighted by Crippen LogP contribution is 2.33. The largest absolute Gasteiger partial charge is 0.481 e. The average Bonchev–Trinajstić information content (AvgIpc) is 2.69. The molecule has 2 rings (SSSR count).